The van der Waals surface area contributed by atoms with Gasteiger partial charge in [-0.25, -0.2) is 0 Å². The van der Waals surface area contributed by atoms with Gasteiger partial charge in [-0.05, 0) is 25.7 Å². The smallest absolute Gasteiger partial charge is 0.224 e. The summed E-state index contributed by atoms with van der Waals surface area (Å²) in [6.45, 7) is 3.61. The van der Waals surface area contributed by atoms with Crippen molar-refractivity contribution in [2.45, 2.75) is 51.7 Å². The van der Waals surface area contributed by atoms with Crippen LogP contribution in [0.4, 0.5) is 5.69 Å². The Balaban J connectivity index is 1.83. The lowest BCUT2D eigenvalue weighted by Crippen LogP contribution is -2.24. The van der Waals surface area contributed by atoms with Crippen molar-refractivity contribution in [3.05, 3.63) is 12.4 Å². The van der Waals surface area contributed by atoms with Gasteiger partial charge in [-0.3, -0.25) is 9.48 Å². The third kappa shape index (κ3) is 3.84. The molecule has 5 nitrogen and oxygen atoms in total. The molecular formula is C13H21N3O2. The molecule has 0 saturated carbocycles. The molecule has 100 valence electrons. The molecule has 5 heteroatoms. The summed E-state index contributed by atoms with van der Waals surface area (Å²) < 4.78 is 7.51. The molecule has 0 radical (unpaired) electrons. The van der Waals surface area contributed by atoms with E-state index in [1.807, 2.05) is 17.8 Å². The van der Waals surface area contributed by atoms with Crippen molar-refractivity contribution in [1.29, 1.82) is 0 Å². The maximum absolute atomic E-state index is 11.4. The molecule has 2 heterocycles. The molecule has 0 spiro atoms. The van der Waals surface area contributed by atoms with E-state index in [1.165, 1.54) is 6.42 Å². The molecule has 1 N–H and O–H groups in total. The van der Waals surface area contributed by atoms with Crippen LogP contribution in [0.15, 0.2) is 12.4 Å². The van der Waals surface area contributed by atoms with E-state index in [4.69, 9.17) is 4.74 Å². The Bertz CT molecular complexity index is 383. The Morgan fingerprint density at radius 2 is 2.50 bits per heavy atom. The summed E-state index contributed by atoms with van der Waals surface area (Å²) in [5, 5.41) is 7.08. The van der Waals surface area contributed by atoms with Crippen molar-refractivity contribution in [2.75, 3.05) is 11.9 Å². The van der Waals surface area contributed by atoms with E-state index in [2.05, 4.69) is 10.4 Å². The Kier molecular flexibility index (Phi) is 4.75. The van der Waals surface area contributed by atoms with E-state index in [9.17, 15) is 4.79 Å². The second-order valence-corrected chi connectivity index (χ2v) is 4.74. The maximum Gasteiger partial charge on any atom is 0.224 e. The monoisotopic (exact) mass is 251 g/mol. The molecule has 2 rings (SSSR count). The first kappa shape index (κ1) is 13.1. The molecule has 18 heavy (non-hydrogen) atoms. The van der Waals surface area contributed by atoms with E-state index >= 15 is 0 Å². The average Bonchev–Trinajstić information content (AvgIpc) is 2.78. The largest absolute Gasteiger partial charge is 0.376 e. The summed E-state index contributed by atoms with van der Waals surface area (Å²) in [6.07, 6.45) is 8.71. The van der Waals surface area contributed by atoms with E-state index in [0.29, 0.717) is 6.42 Å². The number of hydrogen-bond donors (Lipinski definition) is 1. The quantitative estimate of drug-likeness (QED) is 0.872. The van der Waals surface area contributed by atoms with Crippen LogP contribution in [-0.2, 0) is 16.1 Å². The Labute approximate surface area is 108 Å². The highest BCUT2D eigenvalue weighted by molar-refractivity contribution is 5.90. The maximum atomic E-state index is 11.4. The van der Waals surface area contributed by atoms with Crippen molar-refractivity contribution < 1.29 is 9.53 Å². The van der Waals surface area contributed by atoms with Crippen LogP contribution in [-0.4, -0.2) is 28.4 Å². The molecule has 0 aliphatic carbocycles. The van der Waals surface area contributed by atoms with Crippen LogP contribution in [0.1, 0.15) is 39.0 Å². The highest BCUT2D eigenvalue weighted by Gasteiger charge is 2.15. The second kappa shape index (κ2) is 6.54. The van der Waals surface area contributed by atoms with Gasteiger partial charge < -0.3 is 10.1 Å². The zero-order valence-corrected chi connectivity index (χ0v) is 10.9. The normalized spacial score (nSPS) is 19.7. The van der Waals surface area contributed by atoms with Crippen LogP contribution >= 0.6 is 0 Å². The number of aromatic nitrogens is 2. The Hall–Kier alpha value is -1.36. The topological polar surface area (TPSA) is 56.2 Å². The molecule has 1 fully saturated rings. The number of amides is 1. The first-order valence-electron chi connectivity index (χ1n) is 6.72. The fourth-order valence-electron chi connectivity index (χ4n) is 2.14. The van der Waals surface area contributed by atoms with E-state index < -0.39 is 0 Å². The summed E-state index contributed by atoms with van der Waals surface area (Å²) >= 11 is 0. The summed E-state index contributed by atoms with van der Waals surface area (Å²) in [5.74, 6) is 0.0472. The van der Waals surface area contributed by atoms with Gasteiger partial charge in [-0.2, -0.15) is 5.10 Å². The number of anilines is 1. The first-order chi connectivity index (χ1) is 8.78. The number of nitrogens with zero attached hydrogens (tertiary/aromatic N) is 2. The van der Waals surface area contributed by atoms with Crippen molar-refractivity contribution in [3.8, 4) is 0 Å². The van der Waals surface area contributed by atoms with E-state index in [1.54, 1.807) is 6.20 Å². The Morgan fingerprint density at radius 1 is 1.61 bits per heavy atom. The minimum atomic E-state index is 0.0472. The van der Waals surface area contributed by atoms with E-state index in [-0.39, 0.29) is 12.0 Å². The lowest BCUT2D eigenvalue weighted by Gasteiger charge is -2.22. The molecule has 1 amide bonds. The van der Waals surface area contributed by atoms with Crippen LogP contribution < -0.4 is 5.32 Å². The number of rotatable bonds is 5. The molecule has 1 atom stereocenters. The molecular weight excluding hydrogens is 230 g/mol. The summed E-state index contributed by atoms with van der Waals surface area (Å²) in [4.78, 5) is 11.4. The number of carbonyl (C=O) groups is 1. The molecule has 0 bridgehead atoms. The van der Waals surface area contributed by atoms with Gasteiger partial charge in [0.05, 0.1) is 24.5 Å². The second-order valence-electron chi connectivity index (χ2n) is 4.74. The summed E-state index contributed by atoms with van der Waals surface area (Å²) in [6, 6.07) is 0. The highest BCUT2D eigenvalue weighted by Crippen LogP contribution is 2.15. The van der Waals surface area contributed by atoms with Crippen molar-refractivity contribution in [2.24, 2.45) is 0 Å². The fourth-order valence-corrected chi connectivity index (χ4v) is 2.14. The molecule has 1 aliphatic heterocycles. The SMILES string of the molecule is CCCC(=O)Nc1cnn(CC2CCCCO2)c1. The zero-order valence-electron chi connectivity index (χ0n) is 10.9. The van der Waals surface area contributed by atoms with Crippen molar-refractivity contribution in [1.82, 2.24) is 9.78 Å². The van der Waals surface area contributed by atoms with Crippen molar-refractivity contribution >= 4 is 11.6 Å². The third-order valence-corrected chi connectivity index (χ3v) is 3.06. The molecule has 1 unspecified atom stereocenters. The summed E-state index contributed by atoms with van der Waals surface area (Å²) in [5.41, 5.74) is 0.768. The standard InChI is InChI=1S/C13H21N3O2/c1-2-5-13(17)15-11-8-14-16(9-11)10-12-6-3-4-7-18-12/h8-9,12H,2-7,10H2,1H3,(H,15,17). The predicted molar refractivity (Wildman–Crippen MR) is 69.4 cm³/mol. The number of ether oxygens (including phenoxy) is 1. The van der Waals surface area contributed by atoms with Crippen LogP contribution in [0.5, 0.6) is 0 Å². The van der Waals surface area contributed by atoms with Gasteiger partial charge in [0, 0.05) is 19.2 Å². The lowest BCUT2D eigenvalue weighted by molar-refractivity contribution is -0.116. The lowest BCUT2D eigenvalue weighted by atomic mass is 10.1. The fraction of sp³-hybridized carbons (Fsp3) is 0.692. The number of hydrogen-bond acceptors (Lipinski definition) is 3. The van der Waals surface area contributed by atoms with Crippen LogP contribution in [0, 0.1) is 0 Å². The molecule has 1 aromatic heterocycles. The minimum Gasteiger partial charge on any atom is -0.376 e. The van der Waals surface area contributed by atoms with E-state index in [0.717, 1.165) is 38.1 Å². The van der Waals surface area contributed by atoms with Gasteiger partial charge in [-0.15, -0.1) is 0 Å². The highest BCUT2D eigenvalue weighted by atomic mass is 16.5. The first-order valence-corrected chi connectivity index (χ1v) is 6.72. The van der Waals surface area contributed by atoms with Gasteiger partial charge in [0.2, 0.25) is 5.91 Å². The average molecular weight is 251 g/mol. The number of nitrogens with one attached hydrogen (secondary N) is 1. The van der Waals surface area contributed by atoms with Crippen molar-refractivity contribution in [3.63, 3.8) is 0 Å². The summed E-state index contributed by atoms with van der Waals surface area (Å²) in [7, 11) is 0. The molecule has 1 aliphatic rings. The Morgan fingerprint density at radius 3 is 3.22 bits per heavy atom. The van der Waals surface area contributed by atoms with Crippen LogP contribution in [0.25, 0.3) is 0 Å². The van der Waals surface area contributed by atoms with Gasteiger partial charge >= 0.3 is 0 Å². The van der Waals surface area contributed by atoms with Crippen LogP contribution in [0.2, 0.25) is 0 Å². The van der Waals surface area contributed by atoms with Gasteiger partial charge in [-0.1, -0.05) is 6.92 Å². The van der Waals surface area contributed by atoms with Gasteiger partial charge in [0.1, 0.15) is 0 Å². The minimum absolute atomic E-state index is 0.0472. The van der Waals surface area contributed by atoms with Gasteiger partial charge in [0.25, 0.3) is 0 Å². The van der Waals surface area contributed by atoms with Crippen LogP contribution in [0.3, 0.4) is 0 Å². The molecule has 1 aromatic rings. The zero-order chi connectivity index (χ0) is 12.8. The molecule has 1 saturated heterocycles. The predicted octanol–water partition coefficient (Wildman–Crippen LogP) is 2.19. The van der Waals surface area contributed by atoms with Gasteiger partial charge in [0.15, 0.2) is 0 Å². The molecule has 0 aromatic carbocycles. The number of carbonyl (C=O) groups excluding carboxylic acids is 1. The third-order valence-electron chi connectivity index (χ3n) is 3.06.